The minimum Gasteiger partial charge on any atom is -0.369 e. The molecule has 1 aromatic carbocycles. The maximum atomic E-state index is 3.46. The lowest BCUT2D eigenvalue weighted by Gasteiger charge is -2.27. The van der Waals surface area contributed by atoms with Crippen molar-refractivity contribution in [1.29, 1.82) is 0 Å². The first kappa shape index (κ1) is 12.4. The lowest BCUT2D eigenvalue weighted by atomic mass is 10.0. The monoisotopic (exact) mass is 232 g/mol. The number of nitrogens with one attached hydrogen (secondary N) is 1. The molecule has 1 unspecified atom stereocenters. The molecule has 1 aromatic rings. The summed E-state index contributed by atoms with van der Waals surface area (Å²) < 4.78 is 0. The zero-order valence-corrected chi connectivity index (χ0v) is 11.5. The normalized spacial score (nSPS) is 24.4. The Balaban J connectivity index is 2.30. The molecule has 1 N–H and O–H groups in total. The van der Waals surface area contributed by atoms with Crippen molar-refractivity contribution in [2.24, 2.45) is 0 Å². The summed E-state index contributed by atoms with van der Waals surface area (Å²) in [4.78, 5) is 2.55. The molecule has 17 heavy (non-hydrogen) atoms. The topological polar surface area (TPSA) is 15.3 Å². The third-order valence-electron chi connectivity index (χ3n) is 4.10. The summed E-state index contributed by atoms with van der Waals surface area (Å²) in [7, 11) is 2.07. The first-order valence-corrected chi connectivity index (χ1v) is 6.62. The standard InChI is InChI=1S/C15H24N2/c1-5-13-8-6-7-12(2)14(13)17-10-9-15(3,11-17)16-4/h6-8,16H,5,9-11H2,1-4H3. The molecule has 94 valence electrons. The minimum absolute atomic E-state index is 0.271. The smallest absolute Gasteiger partial charge is 0.0429 e. The molecule has 1 atom stereocenters. The number of likely N-dealkylation sites (N-methyl/N-ethyl adjacent to an activating group) is 1. The second-order valence-electron chi connectivity index (χ2n) is 5.42. The Hall–Kier alpha value is -1.02. The van der Waals surface area contributed by atoms with Gasteiger partial charge in [-0.05, 0) is 44.9 Å². The van der Waals surface area contributed by atoms with Crippen LogP contribution in [0.4, 0.5) is 5.69 Å². The second-order valence-corrected chi connectivity index (χ2v) is 5.42. The quantitative estimate of drug-likeness (QED) is 0.862. The van der Waals surface area contributed by atoms with Crippen molar-refractivity contribution >= 4 is 5.69 Å². The van der Waals surface area contributed by atoms with Gasteiger partial charge in [0, 0.05) is 24.3 Å². The van der Waals surface area contributed by atoms with Crippen molar-refractivity contribution in [3.63, 3.8) is 0 Å². The maximum absolute atomic E-state index is 3.46. The average molecular weight is 232 g/mol. The van der Waals surface area contributed by atoms with Crippen LogP contribution in [0.3, 0.4) is 0 Å². The molecule has 1 aliphatic rings. The summed E-state index contributed by atoms with van der Waals surface area (Å²) >= 11 is 0. The van der Waals surface area contributed by atoms with Crippen molar-refractivity contribution < 1.29 is 0 Å². The predicted octanol–water partition coefficient (Wildman–Crippen LogP) is 2.75. The highest BCUT2D eigenvalue weighted by molar-refractivity contribution is 5.60. The number of anilines is 1. The molecule has 1 aliphatic heterocycles. The molecule has 1 saturated heterocycles. The molecule has 0 bridgehead atoms. The lowest BCUT2D eigenvalue weighted by molar-refractivity contribution is 0.428. The molecule has 2 heteroatoms. The third kappa shape index (κ3) is 2.32. The third-order valence-corrected chi connectivity index (χ3v) is 4.10. The average Bonchev–Trinajstić information content (AvgIpc) is 2.72. The molecule has 0 spiro atoms. The zero-order chi connectivity index (χ0) is 12.5. The van der Waals surface area contributed by atoms with Crippen LogP contribution in [-0.2, 0) is 6.42 Å². The number of hydrogen-bond acceptors (Lipinski definition) is 2. The van der Waals surface area contributed by atoms with E-state index in [1.54, 1.807) is 0 Å². The summed E-state index contributed by atoms with van der Waals surface area (Å²) in [5, 5.41) is 3.46. The Bertz CT molecular complexity index is 400. The Morgan fingerprint density at radius 2 is 2.18 bits per heavy atom. The molecule has 0 saturated carbocycles. The van der Waals surface area contributed by atoms with Crippen molar-refractivity contribution in [3.05, 3.63) is 29.3 Å². The highest BCUT2D eigenvalue weighted by atomic mass is 15.2. The van der Waals surface area contributed by atoms with E-state index in [0.29, 0.717) is 0 Å². The van der Waals surface area contributed by atoms with Gasteiger partial charge in [0.2, 0.25) is 0 Å². The van der Waals surface area contributed by atoms with E-state index in [-0.39, 0.29) is 5.54 Å². The van der Waals surface area contributed by atoms with E-state index < -0.39 is 0 Å². The molecule has 1 fully saturated rings. The van der Waals surface area contributed by atoms with E-state index in [2.05, 4.69) is 56.2 Å². The minimum atomic E-state index is 0.271. The van der Waals surface area contributed by atoms with Crippen LogP contribution in [0.5, 0.6) is 0 Å². The number of benzene rings is 1. The van der Waals surface area contributed by atoms with Gasteiger partial charge < -0.3 is 10.2 Å². The Morgan fingerprint density at radius 1 is 1.41 bits per heavy atom. The van der Waals surface area contributed by atoms with E-state index in [9.17, 15) is 0 Å². The molecule has 0 aliphatic carbocycles. The second kappa shape index (κ2) is 4.69. The van der Waals surface area contributed by atoms with Crippen LogP contribution in [-0.4, -0.2) is 25.7 Å². The van der Waals surface area contributed by atoms with Crippen LogP contribution < -0.4 is 10.2 Å². The highest BCUT2D eigenvalue weighted by Gasteiger charge is 2.33. The van der Waals surface area contributed by atoms with Gasteiger partial charge in [-0.1, -0.05) is 25.1 Å². The predicted molar refractivity (Wildman–Crippen MR) is 74.9 cm³/mol. The lowest BCUT2D eigenvalue weighted by Crippen LogP contribution is -2.42. The van der Waals surface area contributed by atoms with Gasteiger partial charge in [-0.3, -0.25) is 0 Å². The molecule has 1 heterocycles. The van der Waals surface area contributed by atoms with Crippen molar-refractivity contribution in [2.45, 2.75) is 39.2 Å². The number of rotatable bonds is 3. The molecule has 2 nitrogen and oxygen atoms in total. The Labute approximate surface area is 105 Å². The molecule has 0 amide bonds. The van der Waals surface area contributed by atoms with E-state index in [0.717, 1.165) is 19.5 Å². The molecule has 0 radical (unpaired) electrons. The van der Waals surface area contributed by atoms with Gasteiger partial charge >= 0.3 is 0 Å². The molecule has 2 rings (SSSR count). The zero-order valence-electron chi connectivity index (χ0n) is 11.5. The van der Waals surface area contributed by atoms with E-state index in [1.165, 1.54) is 23.2 Å². The molecular formula is C15H24N2. The Morgan fingerprint density at radius 3 is 2.76 bits per heavy atom. The molecule has 0 aromatic heterocycles. The van der Waals surface area contributed by atoms with Crippen LogP contribution in [0.25, 0.3) is 0 Å². The van der Waals surface area contributed by atoms with Gasteiger partial charge in [0.05, 0.1) is 0 Å². The number of hydrogen-bond donors (Lipinski definition) is 1. The van der Waals surface area contributed by atoms with Gasteiger partial charge in [0.25, 0.3) is 0 Å². The summed E-state index contributed by atoms with van der Waals surface area (Å²) in [5.74, 6) is 0. The molecular weight excluding hydrogens is 208 g/mol. The first-order valence-electron chi connectivity index (χ1n) is 6.62. The van der Waals surface area contributed by atoms with E-state index in [1.807, 2.05) is 0 Å². The van der Waals surface area contributed by atoms with Crippen molar-refractivity contribution in [1.82, 2.24) is 5.32 Å². The number of para-hydroxylation sites is 1. The van der Waals surface area contributed by atoms with Crippen LogP contribution in [0.15, 0.2) is 18.2 Å². The summed E-state index contributed by atoms with van der Waals surface area (Å²) in [6.45, 7) is 9.06. The van der Waals surface area contributed by atoms with Gasteiger partial charge in [0.1, 0.15) is 0 Å². The largest absolute Gasteiger partial charge is 0.369 e. The van der Waals surface area contributed by atoms with Crippen LogP contribution in [0.2, 0.25) is 0 Å². The van der Waals surface area contributed by atoms with Crippen molar-refractivity contribution in [3.8, 4) is 0 Å². The maximum Gasteiger partial charge on any atom is 0.0429 e. The van der Waals surface area contributed by atoms with Crippen LogP contribution in [0, 0.1) is 6.92 Å². The van der Waals surface area contributed by atoms with Gasteiger partial charge in [0.15, 0.2) is 0 Å². The fraction of sp³-hybridized carbons (Fsp3) is 0.600. The van der Waals surface area contributed by atoms with E-state index in [4.69, 9.17) is 0 Å². The van der Waals surface area contributed by atoms with Crippen LogP contribution >= 0.6 is 0 Å². The Kier molecular flexibility index (Phi) is 3.43. The van der Waals surface area contributed by atoms with Gasteiger partial charge in [-0.15, -0.1) is 0 Å². The van der Waals surface area contributed by atoms with Crippen LogP contribution in [0.1, 0.15) is 31.4 Å². The SMILES string of the molecule is CCc1cccc(C)c1N1CCC(C)(NC)C1. The van der Waals surface area contributed by atoms with Gasteiger partial charge in [-0.2, -0.15) is 0 Å². The first-order chi connectivity index (χ1) is 8.09. The summed E-state index contributed by atoms with van der Waals surface area (Å²) in [5.41, 5.74) is 4.62. The highest BCUT2D eigenvalue weighted by Crippen LogP contribution is 2.31. The van der Waals surface area contributed by atoms with Gasteiger partial charge in [-0.25, -0.2) is 0 Å². The fourth-order valence-electron chi connectivity index (χ4n) is 2.81. The fourth-order valence-corrected chi connectivity index (χ4v) is 2.81. The summed E-state index contributed by atoms with van der Waals surface area (Å²) in [6, 6.07) is 6.66. The number of nitrogens with zero attached hydrogens (tertiary/aromatic N) is 1. The number of aryl methyl sites for hydroxylation is 2. The summed E-state index contributed by atoms with van der Waals surface area (Å²) in [6.07, 6.45) is 2.34. The van der Waals surface area contributed by atoms with E-state index >= 15 is 0 Å². The van der Waals surface area contributed by atoms with Crippen molar-refractivity contribution in [2.75, 3.05) is 25.0 Å².